The van der Waals surface area contributed by atoms with Gasteiger partial charge in [0.15, 0.2) is 11.5 Å². The smallest absolute Gasteiger partial charge is 0.343 e. The molecule has 0 aliphatic rings. The van der Waals surface area contributed by atoms with Crippen molar-refractivity contribution in [3.63, 3.8) is 0 Å². The fraction of sp³-hybridized carbons (Fsp3) is 0.192. The second-order valence-corrected chi connectivity index (χ2v) is 7.43. The topological polar surface area (TPSA) is 127 Å². The van der Waals surface area contributed by atoms with Gasteiger partial charge in [-0.3, -0.25) is 4.79 Å². The van der Waals surface area contributed by atoms with Gasteiger partial charge in [-0.25, -0.2) is 10.2 Å². The van der Waals surface area contributed by atoms with Crippen LogP contribution in [0.5, 0.6) is 28.7 Å². The molecule has 3 rings (SSSR count). The molecule has 0 heterocycles. The van der Waals surface area contributed by atoms with Gasteiger partial charge in [-0.05, 0) is 66.6 Å². The number of amides is 1. The molecule has 0 bridgehead atoms. The first-order valence-corrected chi connectivity index (χ1v) is 10.9. The minimum absolute atomic E-state index is 0.0413. The molecule has 0 saturated heterocycles. The van der Waals surface area contributed by atoms with Gasteiger partial charge in [0, 0.05) is 6.07 Å². The molecular weight excluding hydrogens is 452 g/mol. The Labute approximate surface area is 202 Å². The largest absolute Gasteiger partial charge is 0.508 e. The lowest BCUT2D eigenvalue weighted by atomic mass is 10.2. The predicted molar refractivity (Wildman–Crippen MR) is 130 cm³/mol. The minimum atomic E-state index is -0.655. The van der Waals surface area contributed by atoms with E-state index in [1.165, 1.54) is 25.5 Å². The van der Waals surface area contributed by atoms with E-state index in [2.05, 4.69) is 17.5 Å². The van der Waals surface area contributed by atoms with Crippen LogP contribution in [0.25, 0.3) is 0 Å². The lowest BCUT2D eigenvalue weighted by Gasteiger charge is -2.10. The summed E-state index contributed by atoms with van der Waals surface area (Å²) < 4.78 is 16.4. The van der Waals surface area contributed by atoms with Crippen LogP contribution in [0.2, 0.25) is 0 Å². The van der Waals surface area contributed by atoms with E-state index in [4.69, 9.17) is 14.2 Å². The maximum Gasteiger partial charge on any atom is 0.343 e. The van der Waals surface area contributed by atoms with Crippen molar-refractivity contribution in [1.29, 1.82) is 0 Å². The van der Waals surface area contributed by atoms with Crippen LogP contribution in [0.15, 0.2) is 65.8 Å². The predicted octanol–water partition coefficient (Wildman–Crippen LogP) is 4.27. The summed E-state index contributed by atoms with van der Waals surface area (Å²) in [4.78, 5) is 24.7. The maximum atomic E-state index is 12.5. The molecule has 0 fully saturated rings. The summed E-state index contributed by atoms with van der Waals surface area (Å²) in [6.45, 7) is 2.70. The highest BCUT2D eigenvalue weighted by molar-refractivity contribution is 5.97. The number of hydrazone groups is 1. The Morgan fingerprint density at radius 2 is 1.77 bits per heavy atom. The van der Waals surface area contributed by atoms with Gasteiger partial charge in [0.25, 0.3) is 5.91 Å². The van der Waals surface area contributed by atoms with Gasteiger partial charge in [-0.2, -0.15) is 5.10 Å². The maximum absolute atomic E-state index is 12.5. The average Bonchev–Trinajstić information content (AvgIpc) is 2.85. The Hall–Kier alpha value is -4.53. The number of nitrogens with one attached hydrogen (secondary N) is 1. The molecular formula is C26H26N2O7. The molecule has 9 heteroatoms. The third kappa shape index (κ3) is 6.97. The van der Waals surface area contributed by atoms with Crippen LogP contribution in [0.4, 0.5) is 0 Å². The van der Waals surface area contributed by atoms with Crippen molar-refractivity contribution >= 4 is 18.1 Å². The number of unbranched alkanes of at least 4 members (excludes halogenated alkanes) is 1. The molecule has 0 spiro atoms. The molecule has 0 unspecified atom stereocenters. The second-order valence-electron chi connectivity index (χ2n) is 7.43. The quantitative estimate of drug-likeness (QED) is 0.131. The van der Waals surface area contributed by atoms with Crippen molar-refractivity contribution in [2.45, 2.75) is 19.8 Å². The lowest BCUT2D eigenvalue weighted by molar-refractivity contribution is 0.0729. The summed E-state index contributed by atoms with van der Waals surface area (Å²) in [6, 6.07) is 15.1. The first kappa shape index (κ1) is 25.1. The van der Waals surface area contributed by atoms with E-state index in [1.807, 2.05) is 0 Å². The van der Waals surface area contributed by atoms with Gasteiger partial charge < -0.3 is 24.4 Å². The van der Waals surface area contributed by atoms with Crippen LogP contribution in [-0.4, -0.2) is 42.0 Å². The Morgan fingerprint density at radius 3 is 2.46 bits per heavy atom. The van der Waals surface area contributed by atoms with Crippen molar-refractivity contribution in [1.82, 2.24) is 5.43 Å². The number of phenols is 2. The zero-order chi connectivity index (χ0) is 25.2. The number of ether oxygens (including phenoxy) is 3. The summed E-state index contributed by atoms with van der Waals surface area (Å²) in [5.41, 5.74) is 3.17. The van der Waals surface area contributed by atoms with Crippen molar-refractivity contribution < 1.29 is 34.0 Å². The Bertz CT molecular complexity index is 1210. The highest BCUT2D eigenvalue weighted by Crippen LogP contribution is 2.29. The molecule has 0 saturated carbocycles. The van der Waals surface area contributed by atoms with Gasteiger partial charge in [-0.1, -0.05) is 13.3 Å². The second kappa shape index (κ2) is 12.1. The number of nitrogens with zero attached hydrogens (tertiary/aromatic N) is 1. The van der Waals surface area contributed by atoms with Gasteiger partial charge in [-0.15, -0.1) is 0 Å². The number of rotatable bonds is 10. The van der Waals surface area contributed by atoms with Crippen molar-refractivity contribution in [2.75, 3.05) is 13.7 Å². The molecule has 3 aromatic carbocycles. The van der Waals surface area contributed by atoms with Crippen molar-refractivity contribution in [3.8, 4) is 28.7 Å². The van der Waals surface area contributed by atoms with Crippen LogP contribution >= 0.6 is 0 Å². The lowest BCUT2D eigenvalue weighted by Crippen LogP contribution is -2.17. The number of benzene rings is 3. The summed E-state index contributed by atoms with van der Waals surface area (Å²) in [6.07, 6.45) is 3.36. The normalized spacial score (nSPS) is 10.7. The minimum Gasteiger partial charge on any atom is -0.508 e. The molecule has 9 nitrogen and oxygen atoms in total. The monoisotopic (exact) mass is 478 g/mol. The fourth-order valence-electron chi connectivity index (χ4n) is 2.97. The number of aromatic hydroxyl groups is 2. The van der Waals surface area contributed by atoms with Crippen LogP contribution in [0, 0.1) is 0 Å². The van der Waals surface area contributed by atoms with Gasteiger partial charge in [0.2, 0.25) is 0 Å². The van der Waals surface area contributed by atoms with E-state index in [0.717, 1.165) is 18.9 Å². The SMILES string of the molecule is CCCCOc1ccc(C(=O)Oc2ccc(/C=N/NC(=O)c3ccc(O)cc3O)cc2OC)cc1. The van der Waals surface area contributed by atoms with Crippen molar-refractivity contribution in [3.05, 3.63) is 77.4 Å². The number of carbonyl (C=O) groups is 2. The van der Waals surface area contributed by atoms with Gasteiger partial charge in [0.05, 0.1) is 31.1 Å². The first-order chi connectivity index (χ1) is 16.9. The zero-order valence-electron chi connectivity index (χ0n) is 19.4. The van der Waals surface area contributed by atoms with Crippen molar-refractivity contribution in [2.24, 2.45) is 5.10 Å². The Kier molecular flexibility index (Phi) is 8.66. The number of phenolic OH excluding ortho intramolecular Hbond substituents is 2. The number of carbonyl (C=O) groups excluding carboxylic acids is 2. The van der Waals surface area contributed by atoms with E-state index in [9.17, 15) is 19.8 Å². The van der Waals surface area contributed by atoms with Gasteiger partial charge >= 0.3 is 5.97 Å². The first-order valence-electron chi connectivity index (χ1n) is 10.9. The summed E-state index contributed by atoms with van der Waals surface area (Å²) in [5, 5.41) is 22.9. The average molecular weight is 479 g/mol. The van der Waals surface area contributed by atoms with Crippen LogP contribution in [0.1, 0.15) is 46.0 Å². The third-order valence-electron chi connectivity index (χ3n) is 4.85. The van der Waals surface area contributed by atoms with Crippen LogP contribution in [-0.2, 0) is 0 Å². The van der Waals surface area contributed by atoms with E-state index < -0.39 is 11.9 Å². The van der Waals surface area contributed by atoms with Crippen LogP contribution in [0.3, 0.4) is 0 Å². The molecule has 0 aliphatic heterocycles. The fourth-order valence-corrected chi connectivity index (χ4v) is 2.97. The van der Waals surface area contributed by atoms with Crippen LogP contribution < -0.4 is 19.6 Å². The Morgan fingerprint density at radius 1 is 1.00 bits per heavy atom. The number of esters is 1. The van der Waals surface area contributed by atoms with E-state index >= 15 is 0 Å². The number of hydrogen-bond acceptors (Lipinski definition) is 8. The van der Waals surface area contributed by atoms with E-state index in [-0.39, 0.29) is 22.8 Å². The third-order valence-corrected chi connectivity index (χ3v) is 4.85. The molecule has 1 amide bonds. The molecule has 3 aromatic rings. The van der Waals surface area contributed by atoms with Gasteiger partial charge in [0.1, 0.15) is 17.2 Å². The van der Waals surface area contributed by atoms with E-state index in [1.54, 1.807) is 42.5 Å². The highest BCUT2D eigenvalue weighted by Gasteiger charge is 2.14. The molecule has 0 aliphatic carbocycles. The molecule has 3 N–H and O–H groups in total. The molecule has 0 atom stereocenters. The standard InChI is InChI=1S/C26H26N2O7/c1-3-4-13-34-20-9-6-18(7-10-20)26(32)35-23-12-5-17(14-24(23)33-2)16-27-28-25(31)21-11-8-19(29)15-22(21)30/h5-12,14-16,29-30H,3-4,13H2,1-2H3,(H,28,31)/b27-16+. The zero-order valence-corrected chi connectivity index (χ0v) is 19.4. The molecule has 35 heavy (non-hydrogen) atoms. The Balaban J connectivity index is 1.62. The molecule has 0 aromatic heterocycles. The summed E-state index contributed by atoms with van der Waals surface area (Å²) >= 11 is 0. The number of methoxy groups -OCH3 is 1. The molecule has 182 valence electrons. The number of hydrogen-bond donors (Lipinski definition) is 3. The summed E-state index contributed by atoms with van der Waals surface area (Å²) in [5.74, 6) is -0.541. The highest BCUT2D eigenvalue weighted by atomic mass is 16.6. The summed E-state index contributed by atoms with van der Waals surface area (Å²) in [7, 11) is 1.44. The van der Waals surface area contributed by atoms with E-state index in [0.29, 0.717) is 29.2 Å². The molecule has 0 radical (unpaired) electrons.